The molecule has 5 aliphatic rings. The van der Waals surface area contributed by atoms with E-state index < -0.39 is 22.3 Å². The first kappa shape index (κ1) is 28.1. The Morgan fingerprint density at radius 2 is 2.02 bits per heavy atom. The van der Waals surface area contributed by atoms with Crippen molar-refractivity contribution in [3.8, 4) is 0 Å². The number of rotatable bonds is 5. The van der Waals surface area contributed by atoms with E-state index in [1.807, 2.05) is 18.7 Å². The van der Waals surface area contributed by atoms with Crippen LogP contribution >= 0.6 is 15.9 Å². The fourth-order valence-electron chi connectivity index (χ4n) is 8.05. The number of benzene rings is 1. The first-order valence-electron chi connectivity index (χ1n) is 15.3. The van der Waals surface area contributed by atoms with Crippen LogP contribution in [0.4, 0.5) is 0 Å². The molecule has 1 aromatic heterocycles. The predicted octanol–water partition coefficient (Wildman–Crippen LogP) is 3.83. The Kier molecular flexibility index (Phi) is 6.46. The van der Waals surface area contributed by atoms with E-state index in [-0.39, 0.29) is 41.6 Å². The topological polar surface area (TPSA) is 98.0 Å². The van der Waals surface area contributed by atoms with Crippen LogP contribution in [0.5, 0.6) is 0 Å². The predicted molar refractivity (Wildman–Crippen MR) is 163 cm³/mol. The molecular formula is C32H40BrN5O4. The van der Waals surface area contributed by atoms with Gasteiger partial charge >= 0.3 is 0 Å². The smallest absolute Gasteiger partial charge is 0.280 e. The monoisotopic (exact) mass is 637 g/mol. The molecule has 3 amide bonds. The molecule has 42 heavy (non-hydrogen) atoms. The average Bonchev–Trinajstić information content (AvgIpc) is 3.65. The summed E-state index contributed by atoms with van der Waals surface area (Å²) in [4.78, 5) is 51.6. The Labute approximate surface area is 255 Å². The summed E-state index contributed by atoms with van der Waals surface area (Å²) in [5, 5.41) is 4.35. The number of hydrogen-bond donors (Lipinski definition) is 2. The number of piperazine rings is 1. The van der Waals surface area contributed by atoms with Gasteiger partial charge in [-0.3, -0.25) is 24.2 Å². The summed E-state index contributed by atoms with van der Waals surface area (Å²) in [5.74, 6) is -1.25. The van der Waals surface area contributed by atoms with Gasteiger partial charge in [0.15, 0.2) is 0 Å². The highest BCUT2D eigenvalue weighted by Crippen LogP contribution is 2.52. The molecule has 3 saturated heterocycles. The third-order valence-corrected chi connectivity index (χ3v) is 11.2. The van der Waals surface area contributed by atoms with Gasteiger partial charge in [0.05, 0.1) is 12.0 Å². The normalized spacial score (nSPS) is 34.2. The van der Waals surface area contributed by atoms with Gasteiger partial charge in [0, 0.05) is 42.1 Å². The highest BCUT2D eigenvalue weighted by molar-refractivity contribution is 9.10. The van der Waals surface area contributed by atoms with Gasteiger partial charge in [-0.25, -0.2) is 0 Å². The van der Waals surface area contributed by atoms with Crippen molar-refractivity contribution in [3.63, 3.8) is 0 Å². The second-order valence-electron chi connectivity index (χ2n) is 13.5. The summed E-state index contributed by atoms with van der Waals surface area (Å²) >= 11 is 3.86. The van der Waals surface area contributed by atoms with Gasteiger partial charge in [-0.05, 0) is 77.3 Å². The van der Waals surface area contributed by atoms with Gasteiger partial charge in [0.25, 0.3) is 5.91 Å². The van der Waals surface area contributed by atoms with E-state index in [0.29, 0.717) is 19.5 Å². The number of H-pyrrole nitrogens is 1. The van der Waals surface area contributed by atoms with E-state index in [1.165, 1.54) is 10.9 Å². The van der Waals surface area contributed by atoms with Crippen LogP contribution in [0, 0.1) is 17.8 Å². The van der Waals surface area contributed by atoms with Crippen molar-refractivity contribution in [1.29, 1.82) is 0 Å². The third-order valence-electron chi connectivity index (χ3n) is 10.1. The number of ether oxygens (including phenoxy) is 1. The Bertz CT molecular complexity index is 1520. The summed E-state index contributed by atoms with van der Waals surface area (Å²) in [7, 11) is 2.07. The maximum absolute atomic E-state index is 14.5. The minimum absolute atomic E-state index is 0.0237. The highest BCUT2D eigenvalue weighted by atomic mass is 79.9. The second kappa shape index (κ2) is 9.66. The lowest BCUT2D eigenvalue weighted by Crippen LogP contribution is -2.68. The molecule has 2 N–H and O–H groups in total. The van der Waals surface area contributed by atoms with Crippen molar-refractivity contribution in [3.05, 3.63) is 41.6 Å². The molecule has 0 spiro atoms. The van der Waals surface area contributed by atoms with Crippen LogP contribution in [-0.2, 0) is 25.5 Å². The number of carbonyl (C=O) groups is 3. The van der Waals surface area contributed by atoms with Crippen molar-refractivity contribution in [2.45, 2.75) is 81.9 Å². The van der Waals surface area contributed by atoms with E-state index in [4.69, 9.17) is 4.74 Å². The zero-order valence-electron chi connectivity index (χ0n) is 24.9. The number of halogens is 1. The largest absolute Gasteiger partial charge is 0.361 e. The van der Waals surface area contributed by atoms with Crippen LogP contribution in [0.1, 0.15) is 58.1 Å². The molecule has 1 aromatic carbocycles. The molecule has 3 fully saturated rings. The van der Waals surface area contributed by atoms with Gasteiger partial charge in [0.2, 0.25) is 22.2 Å². The van der Waals surface area contributed by atoms with Crippen LogP contribution in [0.25, 0.3) is 16.5 Å². The number of amides is 3. The number of fused-ring (bicyclic) bond motifs is 5. The molecule has 7 rings (SSSR count). The number of nitrogens with one attached hydrogen (secondary N) is 2. The number of hydrogen-bond acceptors (Lipinski definition) is 5. The number of aromatic nitrogens is 1. The average molecular weight is 639 g/mol. The number of nitrogens with zero attached hydrogens (tertiary/aromatic N) is 3. The zero-order valence-corrected chi connectivity index (χ0v) is 26.5. The second-order valence-corrected chi connectivity index (χ2v) is 14.7. The number of aromatic amines is 1. The maximum Gasteiger partial charge on any atom is 0.280 e. The maximum atomic E-state index is 14.5. The standard InChI is InChI=1S/C32H40BrN5O4/c1-17(2)12-25-29(40)37-11-7-10-26(37)32(33)38(25)30(41)31(42-32,18(3)4)35-28(39)20-13-22-21-8-6-9-23-27(21)19(15-34-23)14-24(22)36(5)16-20/h6,8-9,13,15,17-18,20,24-26,34H,7,10-12,14,16H2,1-5H3,(H,35,39). The van der Waals surface area contributed by atoms with Crippen molar-refractivity contribution < 1.29 is 19.1 Å². The first-order chi connectivity index (χ1) is 20.0. The third kappa shape index (κ3) is 3.83. The van der Waals surface area contributed by atoms with Gasteiger partial charge in [0.1, 0.15) is 6.04 Å². The number of carbonyl (C=O) groups excluding carboxylic acids is 3. The summed E-state index contributed by atoms with van der Waals surface area (Å²) < 4.78 is 5.60. The van der Waals surface area contributed by atoms with E-state index in [2.05, 4.69) is 82.5 Å². The quantitative estimate of drug-likeness (QED) is 0.384. The zero-order chi connectivity index (χ0) is 29.7. The minimum atomic E-state index is -1.59. The van der Waals surface area contributed by atoms with Crippen LogP contribution < -0.4 is 5.32 Å². The Morgan fingerprint density at radius 3 is 2.76 bits per heavy atom. The fraction of sp³-hybridized carbons (Fsp3) is 0.594. The molecule has 0 saturated carbocycles. The molecule has 9 nitrogen and oxygen atoms in total. The summed E-state index contributed by atoms with van der Waals surface area (Å²) in [6.45, 7) is 9.09. The molecule has 0 radical (unpaired) electrons. The van der Waals surface area contributed by atoms with Crippen molar-refractivity contribution in [2.75, 3.05) is 20.1 Å². The summed E-state index contributed by atoms with van der Waals surface area (Å²) in [6.07, 6.45) is 7.18. The summed E-state index contributed by atoms with van der Waals surface area (Å²) in [5.41, 5.74) is 3.11. The van der Waals surface area contributed by atoms with Crippen molar-refractivity contribution in [2.24, 2.45) is 17.8 Å². The van der Waals surface area contributed by atoms with Gasteiger partial charge in [-0.15, -0.1) is 0 Å². The Morgan fingerprint density at radius 1 is 1.24 bits per heavy atom. The lowest BCUT2D eigenvalue weighted by molar-refractivity contribution is -0.181. The van der Waals surface area contributed by atoms with Crippen LogP contribution in [-0.4, -0.2) is 86.0 Å². The van der Waals surface area contributed by atoms with Crippen LogP contribution in [0.3, 0.4) is 0 Å². The molecule has 10 heteroatoms. The molecule has 1 aliphatic carbocycles. The molecule has 6 unspecified atom stereocenters. The lowest BCUT2D eigenvalue weighted by Gasteiger charge is -2.49. The van der Waals surface area contributed by atoms with E-state index >= 15 is 0 Å². The van der Waals surface area contributed by atoms with E-state index in [1.54, 1.807) is 4.90 Å². The molecule has 2 aromatic rings. The Balaban J connectivity index is 1.24. The number of likely N-dealkylation sites (N-methyl/N-ethyl adjacent to an activating group) is 1. The molecule has 5 heterocycles. The van der Waals surface area contributed by atoms with Crippen molar-refractivity contribution in [1.82, 2.24) is 25.0 Å². The number of alkyl halides is 1. The first-order valence-corrected chi connectivity index (χ1v) is 16.1. The van der Waals surface area contributed by atoms with Gasteiger partial charge in [-0.1, -0.05) is 45.9 Å². The fourth-order valence-corrected chi connectivity index (χ4v) is 9.19. The van der Waals surface area contributed by atoms with Crippen molar-refractivity contribution >= 4 is 50.1 Å². The molecule has 0 bridgehead atoms. The molecule has 6 atom stereocenters. The lowest BCUT2D eigenvalue weighted by atomic mass is 9.79. The summed E-state index contributed by atoms with van der Waals surface area (Å²) in [6, 6.07) is 5.50. The van der Waals surface area contributed by atoms with Crippen LogP contribution in [0.15, 0.2) is 30.5 Å². The van der Waals surface area contributed by atoms with E-state index in [9.17, 15) is 14.4 Å². The van der Waals surface area contributed by atoms with Gasteiger partial charge in [-0.2, -0.15) is 0 Å². The molecule has 4 aliphatic heterocycles. The van der Waals surface area contributed by atoms with Crippen LogP contribution in [0.2, 0.25) is 0 Å². The van der Waals surface area contributed by atoms with Gasteiger partial charge < -0.3 is 19.9 Å². The molecular weight excluding hydrogens is 598 g/mol. The molecule has 224 valence electrons. The highest BCUT2D eigenvalue weighted by Gasteiger charge is 2.71. The SMILES string of the molecule is CC(C)CC1C(=O)N2CCCC2C2(Br)OC(NC(=O)C3C=C4c5cccc6[nH]cc(c56)CC4N(C)C3)(C(C)C)C(=O)N12. The minimum Gasteiger partial charge on any atom is -0.361 e. The Hall–Kier alpha value is -2.69. The van der Waals surface area contributed by atoms with E-state index in [0.717, 1.165) is 35.9 Å².